The van der Waals surface area contributed by atoms with Crippen LogP contribution in [0.2, 0.25) is 0 Å². The summed E-state index contributed by atoms with van der Waals surface area (Å²) in [4.78, 5) is 30.6. The van der Waals surface area contributed by atoms with Crippen molar-refractivity contribution in [3.05, 3.63) is 28.7 Å². The highest BCUT2D eigenvalue weighted by Gasteiger charge is 2.36. The Morgan fingerprint density at radius 2 is 1.96 bits per heavy atom. The van der Waals surface area contributed by atoms with Crippen LogP contribution in [0.3, 0.4) is 0 Å². The van der Waals surface area contributed by atoms with Gasteiger partial charge in [0.15, 0.2) is 0 Å². The third-order valence-corrected chi connectivity index (χ3v) is 6.30. The first kappa shape index (κ1) is 20.9. The maximum absolute atomic E-state index is 12.9. The molecule has 0 spiro atoms. The second-order valence-electron chi connectivity index (χ2n) is 7.19. The third kappa shape index (κ3) is 4.95. The number of likely N-dealkylation sites (tertiary alicyclic amines) is 1. The summed E-state index contributed by atoms with van der Waals surface area (Å²) >= 11 is 4.79. The van der Waals surface area contributed by atoms with E-state index in [4.69, 9.17) is 0 Å². The van der Waals surface area contributed by atoms with E-state index < -0.39 is 0 Å². The molecule has 1 fully saturated rings. The molecule has 1 saturated heterocycles. The molecule has 150 valence electrons. The zero-order valence-corrected chi connectivity index (χ0v) is 18.7. The topological polar surface area (TPSA) is 69.6 Å². The minimum Gasteiger partial charge on any atom is -0.342 e. The second kappa shape index (κ2) is 9.11. The molecule has 1 aliphatic heterocycles. The van der Waals surface area contributed by atoms with Crippen molar-refractivity contribution in [1.29, 1.82) is 0 Å². The molecule has 1 atom stereocenters. The van der Waals surface area contributed by atoms with E-state index in [0.717, 1.165) is 28.0 Å². The summed E-state index contributed by atoms with van der Waals surface area (Å²) in [7, 11) is 5.72. The lowest BCUT2D eigenvalue weighted by Crippen LogP contribution is -2.35. The molecule has 2 aromatic rings. The molecule has 7 nitrogen and oxygen atoms in total. The van der Waals surface area contributed by atoms with Gasteiger partial charge in [-0.2, -0.15) is 0 Å². The Bertz CT molecular complexity index is 839. The number of anilines is 1. The van der Waals surface area contributed by atoms with Gasteiger partial charge in [-0.1, -0.05) is 39.4 Å². The van der Waals surface area contributed by atoms with E-state index >= 15 is 0 Å². The van der Waals surface area contributed by atoms with E-state index in [0.29, 0.717) is 18.2 Å². The number of amides is 2. The van der Waals surface area contributed by atoms with Crippen molar-refractivity contribution in [2.75, 3.05) is 45.7 Å². The number of carbonyl (C=O) groups excluding carboxylic acids is 2. The molecule has 1 aromatic carbocycles. The van der Waals surface area contributed by atoms with Crippen LogP contribution in [-0.4, -0.2) is 72.6 Å². The Morgan fingerprint density at radius 1 is 1.25 bits per heavy atom. The van der Waals surface area contributed by atoms with Crippen LogP contribution in [0.1, 0.15) is 12.8 Å². The van der Waals surface area contributed by atoms with Crippen LogP contribution in [0.4, 0.5) is 5.13 Å². The van der Waals surface area contributed by atoms with Crippen molar-refractivity contribution in [3.8, 4) is 10.6 Å². The number of nitrogens with zero attached hydrogens (tertiary/aromatic N) is 5. The summed E-state index contributed by atoms with van der Waals surface area (Å²) in [5, 5.41) is 9.68. The highest BCUT2D eigenvalue weighted by molar-refractivity contribution is 9.10. The fraction of sp³-hybridized carbons (Fsp3) is 0.474. The number of hydrogen-bond donors (Lipinski definition) is 0. The van der Waals surface area contributed by atoms with Gasteiger partial charge in [0.1, 0.15) is 5.01 Å². The molecule has 0 aliphatic carbocycles. The lowest BCUT2D eigenvalue weighted by molar-refractivity contribution is -0.128. The Kier molecular flexibility index (Phi) is 6.79. The van der Waals surface area contributed by atoms with Gasteiger partial charge in [0.25, 0.3) is 0 Å². The number of benzene rings is 1. The summed E-state index contributed by atoms with van der Waals surface area (Å²) < 4.78 is 0.995. The Balaban J connectivity index is 1.62. The minimum atomic E-state index is -0.322. The molecule has 0 bridgehead atoms. The molecule has 2 amide bonds. The van der Waals surface area contributed by atoms with Crippen molar-refractivity contribution >= 4 is 44.2 Å². The third-order valence-electron chi connectivity index (χ3n) is 4.72. The quantitative estimate of drug-likeness (QED) is 0.628. The maximum atomic E-state index is 12.9. The van der Waals surface area contributed by atoms with E-state index in [2.05, 4.69) is 31.0 Å². The van der Waals surface area contributed by atoms with Gasteiger partial charge in [-0.05, 0) is 39.2 Å². The zero-order valence-electron chi connectivity index (χ0n) is 16.3. The Labute approximate surface area is 177 Å². The van der Waals surface area contributed by atoms with Gasteiger partial charge >= 0.3 is 0 Å². The molecule has 2 heterocycles. The summed E-state index contributed by atoms with van der Waals surface area (Å²) in [6, 6.07) is 7.80. The van der Waals surface area contributed by atoms with Gasteiger partial charge < -0.3 is 9.80 Å². The fourth-order valence-corrected chi connectivity index (χ4v) is 4.24. The molecule has 1 unspecified atom stereocenters. The fourth-order valence-electron chi connectivity index (χ4n) is 3.16. The van der Waals surface area contributed by atoms with Crippen molar-refractivity contribution < 1.29 is 9.59 Å². The highest BCUT2D eigenvalue weighted by Crippen LogP contribution is 2.30. The van der Waals surface area contributed by atoms with E-state index in [-0.39, 0.29) is 24.2 Å². The predicted molar refractivity (Wildman–Crippen MR) is 114 cm³/mol. The first-order valence-corrected chi connectivity index (χ1v) is 10.8. The standard InChI is InChI=1S/C19H24BrN5O2S/c1-23(2)9-4-10-25-12-14(11-16(25)26)18(27)24(3)19-22-21-17(28-19)13-5-7-15(20)8-6-13/h5-8,14H,4,9-12H2,1-3H3. The normalized spacial score (nSPS) is 16.8. The van der Waals surface area contributed by atoms with Crippen LogP contribution in [0.5, 0.6) is 0 Å². The van der Waals surface area contributed by atoms with Crippen LogP contribution in [-0.2, 0) is 9.59 Å². The molecule has 1 aromatic heterocycles. The van der Waals surface area contributed by atoms with Gasteiger partial charge in [0.05, 0.1) is 5.92 Å². The summed E-state index contributed by atoms with van der Waals surface area (Å²) in [6.07, 6.45) is 1.17. The van der Waals surface area contributed by atoms with Gasteiger partial charge in [-0.3, -0.25) is 14.5 Å². The predicted octanol–water partition coefficient (Wildman–Crippen LogP) is 2.73. The molecule has 9 heteroatoms. The van der Waals surface area contributed by atoms with Crippen LogP contribution in [0.25, 0.3) is 10.6 Å². The maximum Gasteiger partial charge on any atom is 0.233 e. The molecule has 1 aliphatic rings. The minimum absolute atomic E-state index is 0.0540. The molecule has 0 radical (unpaired) electrons. The van der Waals surface area contributed by atoms with Crippen LogP contribution < -0.4 is 4.90 Å². The molecule has 28 heavy (non-hydrogen) atoms. The largest absolute Gasteiger partial charge is 0.342 e. The first-order valence-electron chi connectivity index (χ1n) is 9.14. The smallest absolute Gasteiger partial charge is 0.233 e. The number of rotatable bonds is 7. The summed E-state index contributed by atoms with van der Waals surface area (Å²) in [6.45, 7) is 2.09. The lowest BCUT2D eigenvalue weighted by atomic mass is 10.1. The molecular formula is C19H24BrN5O2S. The Morgan fingerprint density at radius 3 is 2.64 bits per heavy atom. The van der Waals surface area contributed by atoms with Crippen molar-refractivity contribution in [3.63, 3.8) is 0 Å². The molecular weight excluding hydrogens is 442 g/mol. The first-order chi connectivity index (χ1) is 13.3. The van der Waals surface area contributed by atoms with Crippen molar-refractivity contribution in [1.82, 2.24) is 20.0 Å². The van der Waals surface area contributed by atoms with Crippen molar-refractivity contribution in [2.45, 2.75) is 12.8 Å². The van der Waals surface area contributed by atoms with E-state index in [9.17, 15) is 9.59 Å². The van der Waals surface area contributed by atoms with Gasteiger partial charge in [0, 0.05) is 36.6 Å². The molecule has 0 saturated carbocycles. The Hall–Kier alpha value is -1.84. The summed E-state index contributed by atoms with van der Waals surface area (Å²) in [5.41, 5.74) is 0.955. The van der Waals surface area contributed by atoms with Gasteiger partial charge in [-0.25, -0.2) is 0 Å². The van der Waals surface area contributed by atoms with Crippen molar-refractivity contribution in [2.24, 2.45) is 5.92 Å². The van der Waals surface area contributed by atoms with Gasteiger partial charge in [-0.15, -0.1) is 10.2 Å². The van der Waals surface area contributed by atoms with E-state index in [1.54, 1.807) is 11.9 Å². The second-order valence-corrected chi connectivity index (χ2v) is 9.06. The average molecular weight is 466 g/mol. The zero-order chi connectivity index (χ0) is 20.3. The summed E-state index contributed by atoms with van der Waals surface area (Å²) in [5.74, 6) is -0.350. The monoisotopic (exact) mass is 465 g/mol. The number of carbonyl (C=O) groups is 2. The van der Waals surface area contributed by atoms with E-state index in [1.165, 1.54) is 16.2 Å². The van der Waals surface area contributed by atoms with Crippen LogP contribution in [0, 0.1) is 5.92 Å². The number of aromatic nitrogens is 2. The van der Waals surface area contributed by atoms with E-state index in [1.807, 2.05) is 38.4 Å². The molecule has 0 N–H and O–H groups in total. The SMILES string of the molecule is CN(C)CCCN1CC(C(=O)N(C)c2nnc(-c3ccc(Br)cc3)s2)CC1=O. The number of halogens is 1. The number of hydrogen-bond acceptors (Lipinski definition) is 6. The van der Waals surface area contributed by atoms with Crippen LogP contribution in [0.15, 0.2) is 28.7 Å². The molecule has 3 rings (SSSR count). The average Bonchev–Trinajstić information content (AvgIpc) is 3.28. The van der Waals surface area contributed by atoms with Crippen LogP contribution >= 0.6 is 27.3 Å². The van der Waals surface area contributed by atoms with Gasteiger partial charge in [0.2, 0.25) is 16.9 Å². The lowest BCUT2D eigenvalue weighted by Gasteiger charge is -2.20. The highest BCUT2D eigenvalue weighted by atomic mass is 79.9.